The van der Waals surface area contributed by atoms with Crippen LogP contribution in [0.3, 0.4) is 0 Å². The fourth-order valence-corrected chi connectivity index (χ4v) is 3.90. The van der Waals surface area contributed by atoms with Crippen LogP contribution in [0.1, 0.15) is 56.0 Å². The molecule has 2 aliphatic rings. The molecule has 0 bridgehead atoms. The Bertz CT molecular complexity index is 458. The first-order valence-electron chi connectivity index (χ1n) is 6.51. The molecule has 1 aliphatic heterocycles. The lowest BCUT2D eigenvalue weighted by molar-refractivity contribution is 0.126. The Morgan fingerprint density at radius 2 is 2.17 bits per heavy atom. The second-order valence-electron chi connectivity index (χ2n) is 5.14. The minimum absolute atomic E-state index is 0.0547. The summed E-state index contributed by atoms with van der Waals surface area (Å²) in [5.74, 6) is 1.76. The molecule has 1 aromatic rings. The third kappa shape index (κ3) is 2.23. The van der Waals surface area contributed by atoms with Crippen LogP contribution in [-0.2, 0) is 15.5 Å². The van der Waals surface area contributed by atoms with E-state index in [1.165, 1.54) is 0 Å². The Hall–Kier alpha value is -0.750. The average molecular weight is 270 g/mol. The highest BCUT2D eigenvalue weighted by Crippen LogP contribution is 2.39. The Balaban J connectivity index is 1.72. The molecular formula is C12H18N2O3S. The van der Waals surface area contributed by atoms with Crippen LogP contribution >= 0.6 is 0 Å². The minimum Gasteiger partial charge on any atom is -0.377 e. The van der Waals surface area contributed by atoms with Gasteiger partial charge >= 0.3 is 0 Å². The third-order valence-corrected chi connectivity index (χ3v) is 5.82. The third-order valence-electron chi connectivity index (χ3n) is 3.70. The van der Waals surface area contributed by atoms with Gasteiger partial charge in [-0.3, -0.25) is 4.21 Å². The molecule has 2 heterocycles. The fourth-order valence-electron chi connectivity index (χ4n) is 2.30. The summed E-state index contributed by atoms with van der Waals surface area (Å²) in [6.07, 6.45) is 3.19. The lowest BCUT2D eigenvalue weighted by atomic mass is 10.3. The number of rotatable bonds is 4. The molecule has 4 unspecified atom stereocenters. The number of aromatic nitrogens is 2. The summed E-state index contributed by atoms with van der Waals surface area (Å²) in [7, 11) is -1.02. The second-order valence-corrected chi connectivity index (χ2v) is 7.11. The maximum atomic E-state index is 12.5. The molecule has 0 N–H and O–H groups in total. The van der Waals surface area contributed by atoms with E-state index in [0.29, 0.717) is 18.4 Å². The maximum absolute atomic E-state index is 12.5. The zero-order chi connectivity index (χ0) is 12.7. The van der Waals surface area contributed by atoms with Crippen molar-refractivity contribution in [2.24, 2.45) is 0 Å². The van der Waals surface area contributed by atoms with E-state index in [0.717, 1.165) is 25.1 Å². The molecule has 6 heteroatoms. The molecule has 0 radical (unpaired) electrons. The van der Waals surface area contributed by atoms with E-state index >= 15 is 0 Å². The Labute approximate surface area is 109 Å². The maximum Gasteiger partial charge on any atom is 0.242 e. The summed E-state index contributed by atoms with van der Waals surface area (Å²) < 4.78 is 23.2. The van der Waals surface area contributed by atoms with Crippen LogP contribution < -0.4 is 0 Å². The van der Waals surface area contributed by atoms with Crippen LogP contribution in [0.15, 0.2) is 4.52 Å². The minimum atomic E-state index is -1.02. The van der Waals surface area contributed by atoms with E-state index in [4.69, 9.17) is 9.26 Å². The Kier molecular flexibility index (Phi) is 3.23. The molecule has 18 heavy (non-hydrogen) atoms. The van der Waals surface area contributed by atoms with Gasteiger partial charge in [0.25, 0.3) is 0 Å². The van der Waals surface area contributed by atoms with E-state index in [9.17, 15) is 4.21 Å². The summed E-state index contributed by atoms with van der Waals surface area (Å²) in [5, 5.41) is 3.85. The van der Waals surface area contributed by atoms with Gasteiger partial charge in [-0.2, -0.15) is 4.98 Å². The molecule has 5 nitrogen and oxygen atoms in total. The first-order chi connectivity index (χ1) is 8.66. The van der Waals surface area contributed by atoms with Crippen molar-refractivity contribution in [2.75, 3.05) is 6.61 Å². The Morgan fingerprint density at radius 3 is 2.78 bits per heavy atom. The van der Waals surface area contributed by atoms with Gasteiger partial charge in [0.2, 0.25) is 5.89 Å². The normalized spacial score (nSPS) is 31.4. The summed E-state index contributed by atoms with van der Waals surface area (Å²) in [5.41, 5.74) is 0. The quantitative estimate of drug-likeness (QED) is 0.836. The van der Waals surface area contributed by atoms with Gasteiger partial charge in [-0.15, -0.1) is 0 Å². The topological polar surface area (TPSA) is 65.2 Å². The molecule has 0 amide bonds. The summed E-state index contributed by atoms with van der Waals surface area (Å²) >= 11 is 0. The van der Waals surface area contributed by atoms with Crippen LogP contribution in [-0.4, -0.2) is 32.3 Å². The van der Waals surface area contributed by atoms with E-state index in [-0.39, 0.29) is 16.6 Å². The van der Waals surface area contributed by atoms with Crippen molar-refractivity contribution in [2.45, 2.75) is 55.6 Å². The molecule has 1 aromatic heterocycles. The standard InChI is InChI=1S/C12H18N2O3S/c1-7-10(5-6-16-7)18(15)8(2)12-13-11(14-17-12)9-3-4-9/h7-10H,3-6H2,1-2H3. The number of hydrogen-bond acceptors (Lipinski definition) is 5. The van der Waals surface area contributed by atoms with Crippen molar-refractivity contribution < 1.29 is 13.5 Å². The lowest BCUT2D eigenvalue weighted by Crippen LogP contribution is -2.26. The van der Waals surface area contributed by atoms with Crippen LogP contribution in [0.5, 0.6) is 0 Å². The molecule has 3 rings (SSSR count). The molecule has 0 aromatic carbocycles. The van der Waals surface area contributed by atoms with Gasteiger partial charge in [-0.05, 0) is 33.1 Å². The van der Waals surface area contributed by atoms with Crippen LogP contribution in [0, 0.1) is 0 Å². The number of hydrogen-bond donors (Lipinski definition) is 0. The summed E-state index contributed by atoms with van der Waals surface area (Å²) in [4.78, 5) is 4.38. The SMILES string of the molecule is CC1OCCC1S(=O)C(C)c1nc(C2CC2)no1. The zero-order valence-electron chi connectivity index (χ0n) is 10.7. The molecule has 100 valence electrons. The van der Waals surface area contributed by atoms with E-state index < -0.39 is 10.8 Å². The van der Waals surface area contributed by atoms with Gasteiger partial charge in [0, 0.05) is 23.3 Å². The fraction of sp³-hybridized carbons (Fsp3) is 0.833. The van der Waals surface area contributed by atoms with Crippen LogP contribution in [0.2, 0.25) is 0 Å². The predicted octanol–water partition coefficient (Wildman–Crippen LogP) is 1.93. The van der Waals surface area contributed by atoms with Crippen molar-refractivity contribution in [3.63, 3.8) is 0 Å². The highest BCUT2D eigenvalue weighted by molar-refractivity contribution is 7.85. The molecular weight excluding hydrogens is 252 g/mol. The summed E-state index contributed by atoms with van der Waals surface area (Å²) in [6, 6.07) is 0. The molecule has 1 aliphatic carbocycles. The molecule has 2 fully saturated rings. The first-order valence-corrected chi connectivity index (χ1v) is 7.79. The Morgan fingerprint density at radius 1 is 1.39 bits per heavy atom. The summed E-state index contributed by atoms with van der Waals surface area (Å²) in [6.45, 7) is 4.57. The largest absolute Gasteiger partial charge is 0.377 e. The molecule has 1 saturated heterocycles. The predicted molar refractivity (Wildman–Crippen MR) is 66.6 cm³/mol. The smallest absolute Gasteiger partial charge is 0.242 e. The van der Waals surface area contributed by atoms with Crippen LogP contribution in [0.25, 0.3) is 0 Å². The number of ether oxygens (including phenoxy) is 1. The van der Waals surface area contributed by atoms with Gasteiger partial charge in [-0.25, -0.2) is 0 Å². The van der Waals surface area contributed by atoms with E-state index in [1.54, 1.807) is 0 Å². The van der Waals surface area contributed by atoms with Gasteiger partial charge in [0.05, 0.1) is 11.4 Å². The number of nitrogens with zero attached hydrogens (tertiary/aromatic N) is 2. The monoisotopic (exact) mass is 270 g/mol. The lowest BCUT2D eigenvalue weighted by Gasteiger charge is -2.16. The van der Waals surface area contributed by atoms with Crippen molar-refractivity contribution in [1.82, 2.24) is 10.1 Å². The second kappa shape index (κ2) is 4.74. The van der Waals surface area contributed by atoms with E-state index in [2.05, 4.69) is 10.1 Å². The molecule has 4 atom stereocenters. The van der Waals surface area contributed by atoms with Crippen molar-refractivity contribution in [1.29, 1.82) is 0 Å². The van der Waals surface area contributed by atoms with Crippen molar-refractivity contribution in [3.05, 3.63) is 11.7 Å². The molecule has 1 saturated carbocycles. The van der Waals surface area contributed by atoms with Gasteiger partial charge < -0.3 is 9.26 Å². The average Bonchev–Trinajstić information content (AvgIpc) is 2.94. The van der Waals surface area contributed by atoms with Crippen LogP contribution in [0.4, 0.5) is 0 Å². The highest BCUT2D eigenvalue weighted by atomic mass is 32.2. The van der Waals surface area contributed by atoms with Gasteiger partial charge in [0.15, 0.2) is 5.82 Å². The van der Waals surface area contributed by atoms with Gasteiger partial charge in [-0.1, -0.05) is 5.16 Å². The molecule has 0 spiro atoms. The van der Waals surface area contributed by atoms with Gasteiger partial charge in [0.1, 0.15) is 5.25 Å². The van der Waals surface area contributed by atoms with E-state index in [1.807, 2.05) is 13.8 Å². The van der Waals surface area contributed by atoms with Crippen molar-refractivity contribution in [3.8, 4) is 0 Å². The zero-order valence-corrected chi connectivity index (χ0v) is 11.5. The first kappa shape index (κ1) is 12.3. The highest BCUT2D eigenvalue weighted by Gasteiger charge is 2.36. The van der Waals surface area contributed by atoms with Crippen molar-refractivity contribution >= 4 is 10.8 Å².